The molecule has 0 aromatic heterocycles. The lowest BCUT2D eigenvalue weighted by Crippen LogP contribution is -2.27. The zero-order chi connectivity index (χ0) is 10.7. The molecular weight excluding hydrogens is 182 g/mol. The molecule has 0 spiro atoms. The normalized spacial score (nSPS) is 42.8. The fourth-order valence-electron chi connectivity index (χ4n) is 3.46. The lowest BCUT2D eigenvalue weighted by molar-refractivity contribution is 0.212. The van der Waals surface area contributed by atoms with E-state index in [1.165, 1.54) is 57.8 Å². The Balaban J connectivity index is 1.68. The van der Waals surface area contributed by atoms with E-state index in [1.807, 2.05) is 0 Å². The Morgan fingerprint density at radius 2 is 1.27 bits per heavy atom. The zero-order valence-electron chi connectivity index (χ0n) is 10.3. The van der Waals surface area contributed by atoms with Gasteiger partial charge in [-0.15, -0.1) is 0 Å². The van der Waals surface area contributed by atoms with Crippen LogP contribution in [-0.4, -0.2) is 6.04 Å². The fraction of sp³-hybridized carbons (Fsp3) is 1.00. The first-order valence-corrected chi connectivity index (χ1v) is 6.99. The third kappa shape index (κ3) is 3.48. The van der Waals surface area contributed by atoms with Crippen LogP contribution in [-0.2, 0) is 0 Å². The molecule has 1 nitrogen and oxygen atoms in total. The molecule has 0 saturated heterocycles. The molecule has 2 rings (SSSR count). The standard InChI is InChI=1S/C14H27N/c1-11-2-4-12(5-3-11)10-13-6-8-14(15)9-7-13/h11-14H,2-10,15H2,1H3. The lowest BCUT2D eigenvalue weighted by atomic mass is 9.75. The Labute approximate surface area is 94.8 Å². The van der Waals surface area contributed by atoms with Crippen molar-refractivity contribution in [3.8, 4) is 0 Å². The molecule has 2 fully saturated rings. The van der Waals surface area contributed by atoms with Crippen LogP contribution in [0.15, 0.2) is 0 Å². The molecule has 0 amide bonds. The number of rotatable bonds is 2. The van der Waals surface area contributed by atoms with E-state index in [2.05, 4.69) is 6.92 Å². The summed E-state index contributed by atoms with van der Waals surface area (Å²) in [5.41, 5.74) is 5.95. The summed E-state index contributed by atoms with van der Waals surface area (Å²) in [6.45, 7) is 2.41. The van der Waals surface area contributed by atoms with E-state index < -0.39 is 0 Å². The third-order valence-electron chi connectivity index (χ3n) is 4.69. The summed E-state index contributed by atoms with van der Waals surface area (Å²) in [5, 5.41) is 0. The first kappa shape index (κ1) is 11.4. The minimum absolute atomic E-state index is 0.521. The van der Waals surface area contributed by atoms with Crippen molar-refractivity contribution in [3.05, 3.63) is 0 Å². The molecule has 2 N–H and O–H groups in total. The maximum absolute atomic E-state index is 5.95. The van der Waals surface area contributed by atoms with Crippen LogP contribution in [0, 0.1) is 17.8 Å². The van der Waals surface area contributed by atoms with Gasteiger partial charge in [0, 0.05) is 6.04 Å². The summed E-state index contributed by atoms with van der Waals surface area (Å²) in [7, 11) is 0. The monoisotopic (exact) mass is 209 g/mol. The summed E-state index contributed by atoms with van der Waals surface area (Å²) in [6, 6.07) is 0.521. The Hall–Kier alpha value is -0.0400. The van der Waals surface area contributed by atoms with Crippen molar-refractivity contribution in [2.45, 2.75) is 70.8 Å². The molecule has 0 unspecified atom stereocenters. The predicted octanol–water partition coefficient (Wildman–Crippen LogP) is 3.72. The minimum Gasteiger partial charge on any atom is -0.328 e. The first-order valence-electron chi connectivity index (χ1n) is 6.99. The van der Waals surface area contributed by atoms with Crippen LogP contribution in [0.3, 0.4) is 0 Å². The van der Waals surface area contributed by atoms with Gasteiger partial charge >= 0.3 is 0 Å². The van der Waals surface area contributed by atoms with Crippen LogP contribution in [0.5, 0.6) is 0 Å². The minimum atomic E-state index is 0.521. The van der Waals surface area contributed by atoms with E-state index in [1.54, 1.807) is 0 Å². The van der Waals surface area contributed by atoms with Gasteiger partial charge in [-0.3, -0.25) is 0 Å². The van der Waals surface area contributed by atoms with Gasteiger partial charge in [0.2, 0.25) is 0 Å². The first-order chi connectivity index (χ1) is 7.24. The molecule has 0 bridgehead atoms. The van der Waals surface area contributed by atoms with Crippen molar-refractivity contribution < 1.29 is 0 Å². The highest BCUT2D eigenvalue weighted by Crippen LogP contribution is 2.36. The molecule has 0 heterocycles. The lowest BCUT2D eigenvalue weighted by Gasteiger charge is -2.32. The predicted molar refractivity (Wildman–Crippen MR) is 65.7 cm³/mol. The van der Waals surface area contributed by atoms with E-state index in [-0.39, 0.29) is 0 Å². The van der Waals surface area contributed by atoms with Crippen LogP contribution < -0.4 is 5.73 Å². The van der Waals surface area contributed by atoms with Gasteiger partial charge in [-0.1, -0.05) is 32.6 Å². The average Bonchev–Trinajstić information content (AvgIpc) is 2.25. The van der Waals surface area contributed by atoms with Crippen molar-refractivity contribution in [2.24, 2.45) is 23.5 Å². The van der Waals surface area contributed by atoms with Crippen LogP contribution in [0.2, 0.25) is 0 Å². The van der Waals surface area contributed by atoms with E-state index in [0.29, 0.717) is 6.04 Å². The molecule has 0 aromatic carbocycles. The van der Waals surface area contributed by atoms with Crippen LogP contribution >= 0.6 is 0 Å². The molecule has 0 atom stereocenters. The maximum atomic E-state index is 5.95. The van der Waals surface area contributed by atoms with E-state index in [4.69, 9.17) is 5.73 Å². The van der Waals surface area contributed by atoms with Gasteiger partial charge in [-0.05, 0) is 49.9 Å². The Morgan fingerprint density at radius 1 is 0.800 bits per heavy atom. The van der Waals surface area contributed by atoms with Gasteiger partial charge in [0.05, 0.1) is 0 Å². The summed E-state index contributed by atoms with van der Waals surface area (Å²) in [4.78, 5) is 0. The van der Waals surface area contributed by atoms with Crippen LogP contribution in [0.4, 0.5) is 0 Å². The molecule has 2 saturated carbocycles. The van der Waals surface area contributed by atoms with E-state index >= 15 is 0 Å². The molecule has 2 aliphatic carbocycles. The molecule has 0 aromatic rings. The summed E-state index contributed by atoms with van der Waals surface area (Å²) in [5.74, 6) is 3.07. The maximum Gasteiger partial charge on any atom is 0.00390 e. The van der Waals surface area contributed by atoms with E-state index in [0.717, 1.165) is 17.8 Å². The topological polar surface area (TPSA) is 26.0 Å². The van der Waals surface area contributed by atoms with Gasteiger partial charge in [0.25, 0.3) is 0 Å². The average molecular weight is 209 g/mol. The second-order valence-electron chi connectivity index (χ2n) is 6.14. The quantitative estimate of drug-likeness (QED) is 0.737. The number of hydrogen-bond acceptors (Lipinski definition) is 1. The van der Waals surface area contributed by atoms with E-state index in [9.17, 15) is 0 Å². The zero-order valence-corrected chi connectivity index (χ0v) is 10.3. The molecule has 1 heteroatoms. The van der Waals surface area contributed by atoms with Crippen LogP contribution in [0.25, 0.3) is 0 Å². The Kier molecular flexibility index (Phi) is 4.07. The fourth-order valence-corrected chi connectivity index (χ4v) is 3.46. The molecule has 15 heavy (non-hydrogen) atoms. The van der Waals surface area contributed by atoms with Gasteiger partial charge in [-0.25, -0.2) is 0 Å². The largest absolute Gasteiger partial charge is 0.328 e. The number of hydrogen-bond donors (Lipinski definition) is 1. The van der Waals surface area contributed by atoms with Crippen molar-refractivity contribution in [2.75, 3.05) is 0 Å². The summed E-state index contributed by atoms with van der Waals surface area (Å²) >= 11 is 0. The highest BCUT2D eigenvalue weighted by Gasteiger charge is 2.24. The van der Waals surface area contributed by atoms with Gasteiger partial charge in [0.1, 0.15) is 0 Å². The SMILES string of the molecule is CC1CCC(CC2CCC(N)CC2)CC1. The molecule has 0 aliphatic heterocycles. The second kappa shape index (κ2) is 5.34. The highest BCUT2D eigenvalue weighted by atomic mass is 14.6. The third-order valence-corrected chi connectivity index (χ3v) is 4.69. The summed E-state index contributed by atoms with van der Waals surface area (Å²) in [6.07, 6.45) is 12.9. The van der Waals surface area contributed by atoms with Crippen molar-refractivity contribution >= 4 is 0 Å². The Bertz CT molecular complexity index is 154. The second-order valence-corrected chi connectivity index (χ2v) is 6.14. The van der Waals surface area contributed by atoms with Crippen molar-refractivity contribution in [1.82, 2.24) is 0 Å². The Morgan fingerprint density at radius 3 is 1.80 bits per heavy atom. The smallest absolute Gasteiger partial charge is 0.00390 e. The highest BCUT2D eigenvalue weighted by molar-refractivity contribution is 4.78. The van der Waals surface area contributed by atoms with Gasteiger partial charge in [-0.2, -0.15) is 0 Å². The van der Waals surface area contributed by atoms with Crippen molar-refractivity contribution in [1.29, 1.82) is 0 Å². The molecule has 0 radical (unpaired) electrons. The van der Waals surface area contributed by atoms with Gasteiger partial charge in [0.15, 0.2) is 0 Å². The van der Waals surface area contributed by atoms with Crippen molar-refractivity contribution in [3.63, 3.8) is 0 Å². The van der Waals surface area contributed by atoms with Crippen LogP contribution in [0.1, 0.15) is 64.7 Å². The molecule has 2 aliphatic rings. The number of nitrogens with two attached hydrogens (primary N) is 1. The van der Waals surface area contributed by atoms with Gasteiger partial charge < -0.3 is 5.73 Å². The molecular formula is C14H27N. The summed E-state index contributed by atoms with van der Waals surface area (Å²) < 4.78 is 0. The molecule has 88 valence electrons.